The molecule has 0 saturated heterocycles. The molecule has 1 unspecified atom stereocenters. The molecule has 12 heavy (non-hydrogen) atoms. The Morgan fingerprint density at radius 1 is 1.33 bits per heavy atom. The maximum absolute atomic E-state index is 9.44. The average Bonchev–Trinajstić information content (AvgIpc) is 1.88. The lowest BCUT2D eigenvalue weighted by Gasteiger charge is -1.90. The van der Waals surface area contributed by atoms with Crippen LogP contribution in [0.5, 0.6) is 0 Å². The molecule has 0 aromatic heterocycles. The van der Waals surface area contributed by atoms with Crippen molar-refractivity contribution >= 4 is 5.78 Å². The van der Waals surface area contributed by atoms with E-state index >= 15 is 0 Å². The van der Waals surface area contributed by atoms with Gasteiger partial charge in [-0.3, -0.25) is 0 Å². The zero-order valence-electron chi connectivity index (χ0n) is 8.24. The number of Topliss-reactive ketones (excluding diaryl/α,β-unsaturated/α-hetero) is 1. The minimum Gasteiger partial charge on any atom is -0.397 e. The highest BCUT2D eigenvalue weighted by Crippen LogP contribution is 1.68. The van der Waals surface area contributed by atoms with Gasteiger partial charge in [-0.2, -0.15) is 0 Å². The summed E-state index contributed by atoms with van der Waals surface area (Å²) in [5, 5.41) is 23.6. The minimum absolute atomic E-state index is 0.139. The van der Waals surface area contributed by atoms with E-state index in [0.29, 0.717) is 0 Å². The Morgan fingerprint density at radius 3 is 1.42 bits per heavy atom. The van der Waals surface area contributed by atoms with Gasteiger partial charge in [-0.1, -0.05) is 0 Å². The van der Waals surface area contributed by atoms with E-state index in [-0.39, 0.29) is 19.0 Å². The Bertz CT molecular complexity index is 77.1. The summed E-state index contributed by atoms with van der Waals surface area (Å²) in [7, 11) is 0. The first-order valence-electron chi connectivity index (χ1n) is 3.79. The Morgan fingerprint density at radius 2 is 1.42 bits per heavy atom. The zero-order chi connectivity index (χ0) is 10.6. The second kappa shape index (κ2) is 16.9. The topological polar surface area (TPSA) is 77.8 Å². The lowest BCUT2D eigenvalue weighted by Crippen LogP contribution is -2.03. The van der Waals surface area contributed by atoms with Crippen molar-refractivity contribution in [2.24, 2.45) is 0 Å². The molecule has 0 saturated carbocycles. The van der Waals surface area contributed by atoms with Crippen LogP contribution < -0.4 is 0 Å². The fraction of sp³-hybridized carbons (Fsp3) is 0.875. The van der Waals surface area contributed by atoms with Crippen LogP contribution in [-0.4, -0.2) is 40.4 Å². The standard InChI is InChI=1S/C3H8O2.C3H6O.C2H6O/c1-3(5)2-4;1-3(2)4;1-2-3/h3-5H,2H2,1H3;1-2H3;3H,2H2,1H3. The summed E-state index contributed by atoms with van der Waals surface area (Å²) in [6.45, 7) is 6.38. The van der Waals surface area contributed by atoms with Crippen molar-refractivity contribution in [2.45, 2.75) is 33.8 Å². The van der Waals surface area contributed by atoms with Crippen molar-refractivity contribution in [1.29, 1.82) is 0 Å². The Kier molecular flexibility index (Phi) is 24.7. The molecule has 0 fully saturated rings. The number of carbonyl (C=O) groups is 1. The molecule has 0 radical (unpaired) electrons. The first-order chi connectivity index (χ1) is 5.42. The van der Waals surface area contributed by atoms with Crippen LogP contribution in [0.2, 0.25) is 0 Å². The molecule has 4 nitrogen and oxygen atoms in total. The third kappa shape index (κ3) is 291. The number of aliphatic hydroxyl groups excluding tert-OH is 3. The van der Waals surface area contributed by atoms with Gasteiger partial charge >= 0.3 is 0 Å². The normalized spacial score (nSPS) is 9.92. The molecule has 0 aliphatic rings. The number of hydrogen-bond donors (Lipinski definition) is 3. The third-order valence-corrected chi connectivity index (χ3v) is 0.264. The maximum Gasteiger partial charge on any atom is 0.126 e. The molecule has 4 heteroatoms. The number of rotatable bonds is 1. The highest BCUT2D eigenvalue weighted by Gasteiger charge is 1.83. The molecule has 0 rings (SSSR count). The van der Waals surface area contributed by atoms with E-state index in [2.05, 4.69) is 0 Å². The van der Waals surface area contributed by atoms with Gasteiger partial charge < -0.3 is 20.1 Å². The SMILES string of the molecule is CC(C)=O.CC(O)CO.CCO. The second-order valence-corrected chi connectivity index (χ2v) is 2.26. The summed E-state index contributed by atoms with van der Waals surface area (Å²) in [6.07, 6.45) is -0.560. The molecule has 0 spiro atoms. The Hall–Kier alpha value is -0.450. The van der Waals surface area contributed by atoms with Gasteiger partial charge in [0, 0.05) is 6.61 Å². The molecular weight excluding hydrogens is 160 g/mol. The zero-order valence-corrected chi connectivity index (χ0v) is 8.24. The number of ketones is 1. The van der Waals surface area contributed by atoms with Gasteiger partial charge in [0.25, 0.3) is 0 Å². The van der Waals surface area contributed by atoms with Crippen LogP contribution in [0, 0.1) is 0 Å². The average molecular weight is 180 g/mol. The van der Waals surface area contributed by atoms with Crippen LogP contribution in [-0.2, 0) is 4.79 Å². The first kappa shape index (κ1) is 17.6. The van der Waals surface area contributed by atoms with E-state index in [4.69, 9.17) is 15.3 Å². The third-order valence-electron chi connectivity index (χ3n) is 0.264. The number of carbonyl (C=O) groups excluding carboxylic acids is 1. The van der Waals surface area contributed by atoms with E-state index in [1.165, 1.54) is 20.8 Å². The molecule has 0 aromatic carbocycles. The molecule has 0 heterocycles. The van der Waals surface area contributed by atoms with Crippen molar-refractivity contribution in [1.82, 2.24) is 0 Å². The molecule has 76 valence electrons. The summed E-state index contributed by atoms with van der Waals surface area (Å²) in [5.41, 5.74) is 0. The fourth-order valence-electron chi connectivity index (χ4n) is 0. The van der Waals surface area contributed by atoms with Crippen molar-refractivity contribution in [2.75, 3.05) is 13.2 Å². The van der Waals surface area contributed by atoms with E-state index in [9.17, 15) is 4.79 Å². The van der Waals surface area contributed by atoms with Gasteiger partial charge in [-0.15, -0.1) is 0 Å². The summed E-state index contributed by atoms with van der Waals surface area (Å²) < 4.78 is 0. The molecular formula is C8H20O4. The quantitative estimate of drug-likeness (QED) is 0.529. The monoisotopic (exact) mass is 180 g/mol. The van der Waals surface area contributed by atoms with Gasteiger partial charge in [0.05, 0.1) is 12.7 Å². The first-order valence-corrected chi connectivity index (χ1v) is 3.79. The summed E-state index contributed by atoms with van der Waals surface area (Å²) >= 11 is 0. The van der Waals surface area contributed by atoms with Crippen LogP contribution in [0.1, 0.15) is 27.7 Å². The highest BCUT2D eigenvalue weighted by molar-refractivity contribution is 5.72. The minimum atomic E-state index is -0.560. The van der Waals surface area contributed by atoms with Gasteiger partial charge in [-0.25, -0.2) is 0 Å². The van der Waals surface area contributed by atoms with Gasteiger partial charge in [-0.05, 0) is 27.7 Å². The van der Waals surface area contributed by atoms with Crippen molar-refractivity contribution < 1.29 is 20.1 Å². The highest BCUT2D eigenvalue weighted by atomic mass is 16.3. The number of hydrogen-bond acceptors (Lipinski definition) is 4. The molecule has 0 aliphatic heterocycles. The molecule has 1 atom stereocenters. The van der Waals surface area contributed by atoms with Gasteiger partial charge in [0.15, 0.2) is 0 Å². The van der Waals surface area contributed by atoms with E-state index in [1.807, 2.05) is 0 Å². The lowest BCUT2D eigenvalue weighted by molar-refractivity contribution is -0.114. The van der Waals surface area contributed by atoms with Crippen molar-refractivity contribution in [3.05, 3.63) is 0 Å². The van der Waals surface area contributed by atoms with Crippen LogP contribution >= 0.6 is 0 Å². The van der Waals surface area contributed by atoms with E-state index in [0.717, 1.165) is 0 Å². The lowest BCUT2D eigenvalue weighted by atomic mass is 10.5. The Labute approximate surface area is 73.8 Å². The largest absolute Gasteiger partial charge is 0.397 e. The number of aliphatic hydroxyl groups is 3. The van der Waals surface area contributed by atoms with Crippen LogP contribution in [0.25, 0.3) is 0 Å². The van der Waals surface area contributed by atoms with Gasteiger partial charge in [0.2, 0.25) is 0 Å². The fourth-order valence-corrected chi connectivity index (χ4v) is 0. The van der Waals surface area contributed by atoms with Crippen molar-refractivity contribution in [3.63, 3.8) is 0 Å². The van der Waals surface area contributed by atoms with Crippen LogP contribution in [0.3, 0.4) is 0 Å². The smallest absolute Gasteiger partial charge is 0.126 e. The maximum atomic E-state index is 9.44. The molecule has 0 aliphatic carbocycles. The molecule has 3 N–H and O–H groups in total. The van der Waals surface area contributed by atoms with Crippen LogP contribution in [0.4, 0.5) is 0 Å². The second-order valence-electron chi connectivity index (χ2n) is 2.26. The summed E-state index contributed by atoms with van der Waals surface area (Å²) in [4.78, 5) is 9.44. The van der Waals surface area contributed by atoms with Gasteiger partial charge in [0.1, 0.15) is 5.78 Å². The predicted octanol–water partition coefficient (Wildman–Crippen LogP) is -0.0466. The Balaban J connectivity index is -0.000000105. The molecule has 0 aromatic rings. The van der Waals surface area contributed by atoms with Crippen LogP contribution in [0.15, 0.2) is 0 Å². The predicted molar refractivity (Wildman–Crippen MR) is 47.9 cm³/mol. The molecule has 0 bridgehead atoms. The van der Waals surface area contributed by atoms with E-state index < -0.39 is 6.10 Å². The van der Waals surface area contributed by atoms with Crippen molar-refractivity contribution in [3.8, 4) is 0 Å². The molecule has 0 amide bonds. The summed E-state index contributed by atoms with van der Waals surface area (Å²) in [6, 6.07) is 0. The van der Waals surface area contributed by atoms with E-state index in [1.54, 1.807) is 6.92 Å². The summed E-state index contributed by atoms with van der Waals surface area (Å²) in [5.74, 6) is 0.167.